The first kappa shape index (κ1) is 22.8. The quantitative estimate of drug-likeness (QED) is 0.484. The minimum absolute atomic E-state index is 0.0110. The number of hydrogen-bond donors (Lipinski definition) is 3. The van der Waals surface area contributed by atoms with Crippen molar-refractivity contribution in [1.82, 2.24) is 9.97 Å². The molecule has 2 heterocycles. The van der Waals surface area contributed by atoms with Crippen LogP contribution in [0, 0.1) is 27.0 Å². The van der Waals surface area contributed by atoms with Gasteiger partial charge < -0.3 is 19.5 Å². The average molecular weight is 479 g/mol. The minimum atomic E-state index is -2.33. The molecule has 0 saturated heterocycles. The van der Waals surface area contributed by atoms with Crippen molar-refractivity contribution in [3.8, 4) is 22.8 Å². The number of nitrogens with one attached hydrogen (secondary N) is 3. The zero-order chi connectivity index (χ0) is 23.6. The number of nitrogens with zero attached hydrogens (tertiary/aromatic N) is 2. The zero-order valence-electron chi connectivity index (χ0n) is 17.5. The van der Waals surface area contributed by atoms with Crippen LogP contribution >= 0.6 is 0 Å². The van der Waals surface area contributed by atoms with Gasteiger partial charge in [-0.05, 0) is 29.8 Å². The first-order valence-electron chi connectivity index (χ1n) is 9.70. The van der Waals surface area contributed by atoms with E-state index in [1.54, 1.807) is 24.5 Å². The third kappa shape index (κ3) is 5.52. The monoisotopic (exact) mass is 479 g/mol. The number of halogens is 3. The maximum atomic E-state index is 14.6. The molecule has 0 atom stereocenters. The molecule has 1 aromatic heterocycles. The topological polar surface area (TPSA) is 113 Å². The van der Waals surface area contributed by atoms with E-state index in [1.807, 2.05) is 0 Å². The molecule has 8 nitrogen and oxygen atoms in total. The molecular formula is C21H20F3N5O3S. The predicted molar refractivity (Wildman–Crippen MR) is 116 cm³/mol. The summed E-state index contributed by atoms with van der Waals surface area (Å²) in [7, 11) is -2.33. The molecule has 33 heavy (non-hydrogen) atoms. The number of fused-ring (bicyclic) bond motifs is 6. The molecule has 4 bridgehead atoms. The molecule has 1 aliphatic heterocycles. The van der Waals surface area contributed by atoms with Crippen LogP contribution in [0.4, 0.5) is 24.8 Å². The molecule has 1 aliphatic rings. The van der Waals surface area contributed by atoms with Crippen LogP contribution in [-0.2, 0) is 20.1 Å². The molecule has 2 aromatic carbocycles. The normalized spacial score (nSPS) is 14.1. The van der Waals surface area contributed by atoms with Gasteiger partial charge in [-0.15, -0.1) is 0 Å². The van der Waals surface area contributed by atoms with Gasteiger partial charge in [-0.1, -0.05) is 9.62 Å². The highest BCUT2D eigenvalue weighted by atomic mass is 32.2. The lowest BCUT2D eigenvalue weighted by Crippen LogP contribution is -2.12. The van der Waals surface area contributed by atoms with Crippen LogP contribution < -0.4 is 14.8 Å². The van der Waals surface area contributed by atoms with Crippen molar-refractivity contribution in [2.45, 2.75) is 5.75 Å². The van der Waals surface area contributed by atoms with E-state index < -0.39 is 39.6 Å². The van der Waals surface area contributed by atoms with Gasteiger partial charge in [-0.2, -0.15) is 4.39 Å². The van der Waals surface area contributed by atoms with E-state index in [4.69, 9.17) is 23.8 Å². The van der Waals surface area contributed by atoms with E-state index in [-0.39, 0.29) is 36.2 Å². The van der Waals surface area contributed by atoms with Crippen LogP contribution in [0.25, 0.3) is 11.3 Å². The van der Waals surface area contributed by atoms with Gasteiger partial charge in [0.1, 0.15) is 18.1 Å². The van der Waals surface area contributed by atoms with Crippen LogP contribution in [0.1, 0.15) is 5.56 Å². The molecule has 0 spiro atoms. The van der Waals surface area contributed by atoms with Crippen molar-refractivity contribution < 1.29 is 27.4 Å². The number of rotatable bonds is 2. The van der Waals surface area contributed by atoms with Gasteiger partial charge in [0.15, 0.2) is 24.2 Å². The van der Waals surface area contributed by atoms with Gasteiger partial charge in [0.05, 0.1) is 12.8 Å². The number of anilines is 2. The third-order valence-electron chi connectivity index (χ3n) is 4.51. The van der Waals surface area contributed by atoms with Gasteiger partial charge in [0, 0.05) is 29.3 Å². The summed E-state index contributed by atoms with van der Waals surface area (Å²) in [4.78, 5) is 8.06. The standard InChI is InChI=1S/C21H20F3N5O3S/c1-33(25,26)10-12-6-13-8-14(7-12)31-5-4-30-11-32-20-15(2-3-16(22)18(20)24)19-17(23)9-27-21(28-13)29-19/h2-3,6-9,25-26H,4-5,10-11H2,1H3,(H,27,28,29). The molecule has 3 N–H and O–H groups in total. The Kier molecular flexibility index (Phi) is 6.38. The van der Waals surface area contributed by atoms with Crippen LogP contribution in [0.2, 0.25) is 0 Å². The van der Waals surface area contributed by atoms with Crippen molar-refractivity contribution in [3.63, 3.8) is 0 Å². The number of aromatic nitrogens is 2. The lowest BCUT2D eigenvalue weighted by Gasteiger charge is -2.14. The number of benzene rings is 2. The molecular weight excluding hydrogens is 459 g/mol. The highest BCUT2D eigenvalue weighted by molar-refractivity contribution is 7.91. The Morgan fingerprint density at radius 3 is 2.67 bits per heavy atom. The summed E-state index contributed by atoms with van der Waals surface area (Å²) < 4.78 is 75.0. The average Bonchev–Trinajstić information content (AvgIpc) is 2.73. The molecule has 0 unspecified atom stereocenters. The SMILES string of the molecule is CS(=N)(=N)Cc1cc2cc(c1)OCCOCOc1c(ccc(F)c1F)-c1nc(ncc1F)N2. The molecule has 12 heteroatoms. The Morgan fingerprint density at radius 1 is 1.06 bits per heavy atom. The molecule has 0 aliphatic carbocycles. The molecule has 0 fully saturated rings. The summed E-state index contributed by atoms with van der Waals surface area (Å²) in [5, 5.41) is 2.94. The summed E-state index contributed by atoms with van der Waals surface area (Å²) in [6.45, 7) is -0.240. The van der Waals surface area contributed by atoms with E-state index in [1.165, 1.54) is 0 Å². The summed E-state index contributed by atoms with van der Waals surface area (Å²) >= 11 is 0. The van der Waals surface area contributed by atoms with Crippen LogP contribution in [0.5, 0.6) is 11.5 Å². The lowest BCUT2D eigenvalue weighted by atomic mass is 10.1. The highest BCUT2D eigenvalue weighted by Gasteiger charge is 2.21. The zero-order valence-corrected chi connectivity index (χ0v) is 18.3. The Labute approximate surface area is 188 Å². The second-order valence-corrected chi connectivity index (χ2v) is 9.83. The van der Waals surface area contributed by atoms with Crippen LogP contribution in [0.3, 0.4) is 0 Å². The Hall–Kier alpha value is -3.38. The van der Waals surface area contributed by atoms with Crippen LogP contribution in [-0.4, -0.2) is 36.2 Å². The molecule has 174 valence electrons. The van der Waals surface area contributed by atoms with Gasteiger partial charge in [-0.25, -0.2) is 18.7 Å². The van der Waals surface area contributed by atoms with E-state index >= 15 is 0 Å². The van der Waals surface area contributed by atoms with Crippen molar-refractivity contribution in [1.29, 1.82) is 9.56 Å². The fourth-order valence-electron chi connectivity index (χ4n) is 3.22. The number of ether oxygens (including phenoxy) is 3. The summed E-state index contributed by atoms with van der Waals surface area (Å²) in [6, 6.07) is 7.11. The van der Waals surface area contributed by atoms with Gasteiger partial charge in [0.25, 0.3) is 0 Å². The maximum absolute atomic E-state index is 14.6. The smallest absolute Gasteiger partial charge is 0.227 e. The molecule has 0 saturated carbocycles. The Bertz CT molecular complexity index is 1300. The van der Waals surface area contributed by atoms with Crippen molar-refractivity contribution in [3.05, 3.63) is 59.5 Å². The molecule has 3 aromatic rings. The van der Waals surface area contributed by atoms with E-state index in [2.05, 4.69) is 15.3 Å². The highest BCUT2D eigenvalue weighted by Crippen LogP contribution is 2.35. The van der Waals surface area contributed by atoms with E-state index in [0.29, 0.717) is 17.0 Å². The van der Waals surface area contributed by atoms with Crippen molar-refractivity contribution in [2.75, 3.05) is 31.6 Å². The fraction of sp³-hybridized carbons (Fsp3) is 0.238. The van der Waals surface area contributed by atoms with Gasteiger partial charge in [-0.3, -0.25) is 9.56 Å². The Morgan fingerprint density at radius 2 is 1.88 bits per heavy atom. The van der Waals surface area contributed by atoms with Crippen LogP contribution in [0.15, 0.2) is 36.5 Å². The van der Waals surface area contributed by atoms with E-state index in [0.717, 1.165) is 18.3 Å². The summed E-state index contributed by atoms with van der Waals surface area (Å²) in [5.74, 6) is -3.20. The maximum Gasteiger partial charge on any atom is 0.227 e. The number of hydrogen-bond acceptors (Lipinski definition) is 8. The second kappa shape index (κ2) is 9.24. The van der Waals surface area contributed by atoms with Gasteiger partial charge >= 0.3 is 0 Å². The van der Waals surface area contributed by atoms with Gasteiger partial charge in [0.2, 0.25) is 11.8 Å². The second-order valence-electron chi connectivity index (χ2n) is 7.37. The largest absolute Gasteiger partial charge is 0.491 e. The first-order chi connectivity index (χ1) is 15.7. The van der Waals surface area contributed by atoms with Crippen molar-refractivity contribution >= 4 is 21.3 Å². The molecule has 4 rings (SSSR count). The molecule has 0 amide bonds. The minimum Gasteiger partial charge on any atom is -0.491 e. The predicted octanol–water partition coefficient (Wildman–Crippen LogP) is 4.86. The Balaban J connectivity index is 1.81. The van der Waals surface area contributed by atoms with E-state index in [9.17, 15) is 13.2 Å². The molecule has 0 radical (unpaired) electrons. The summed E-state index contributed by atoms with van der Waals surface area (Å²) in [6.07, 6.45) is 2.45. The van der Waals surface area contributed by atoms with Crippen molar-refractivity contribution in [2.24, 2.45) is 0 Å². The third-order valence-corrected chi connectivity index (χ3v) is 5.42. The fourth-order valence-corrected chi connectivity index (χ4v) is 4.05. The lowest BCUT2D eigenvalue weighted by molar-refractivity contribution is 0.000621. The summed E-state index contributed by atoms with van der Waals surface area (Å²) in [5.41, 5.74) is 0.777. The first-order valence-corrected chi connectivity index (χ1v) is 11.9.